The van der Waals surface area contributed by atoms with E-state index < -0.39 is 11.6 Å². The fraction of sp³-hybridized carbons (Fsp3) is 0.474. The van der Waals surface area contributed by atoms with Crippen molar-refractivity contribution >= 4 is 23.6 Å². The summed E-state index contributed by atoms with van der Waals surface area (Å²) in [5.41, 5.74) is 1.93. The lowest BCUT2D eigenvalue weighted by atomic mass is 9.87. The third-order valence-electron chi connectivity index (χ3n) is 5.38. The van der Waals surface area contributed by atoms with Crippen molar-refractivity contribution in [2.24, 2.45) is 0 Å². The van der Waals surface area contributed by atoms with E-state index in [1.807, 2.05) is 26.0 Å². The molecule has 2 fully saturated rings. The third kappa shape index (κ3) is 3.47. The number of nitrogens with zero attached hydrogens (tertiary/aromatic N) is 1. The molecule has 2 N–H and O–H groups in total. The number of hydrogen-bond acceptors (Lipinski definition) is 4. The first-order chi connectivity index (χ1) is 12.3. The third-order valence-corrected chi connectivity index (χ3v) is 5.38. The SMILES string of the molecule is Cc1ccc(C(=O)CCC(=O)N2CCC3(CC2)NC(=O)NC3=O)cc1C. The quantitative estimate of drug-likeness (QED) is 0.630. The van der Waals surface area contributed by atoms with E-state index in [0.29, 0.717) is 31.5 Å². The Morgan fingerprint density at radius 1 is 1.08 bits per heavy atom. The van der Waals surface area contributed by atoms with Gasteiger partial charge in [-0.05, 0) is 43.9 Å². The maximum Gasteiger partial charge on any atom is 0.322 e. The number of ketones is 1. The van der Waals surface area contributed by atoms with Crippen LogP contribution in [0.15, 0.2) is 18.2 Å². The largest absolute Gasteiger partial charge is 0.342 e. The summed E-state index contributed by atoms with van der Waals surface area (Å²) >= 11 is 0. The molecular weight excluding hydrogens is 334 g/mol. The highest BCUT2D eigenvalue weighted by molar-refractivity contribution is 6.07. The van der Waals surface area contributed by atoms with Crippen LogP contribution < -0.4 is 10.6 Å². The van der Waals surface area contributed by atoms with Crippen LogP contribution in [-0.4, -0.2) is 47.2 Å². The van der Waals surface area contributed by atoms with Crippen molar-refractivity contribution in [2.75, 3.05) is 13.1 Å². The summed E-state index contributed by atoms with van der Waals surface area (Å²) in [6, 6.07) is 5.08. The van der Waals surface area contributed by atoms with Gasteiger partial charge >= 0.3 is 6.03 Å². The van der Waals surface area contributed by atoms with E-state index in [1.54, 1.807) is 11.0 Å². The van der Waals surface area contributed by atoms with Gasteiger partial charge in [0.05, 0.1) is 0 Å². The van der Waals surface area contributed by atoms with E-state index >= 15 is 0 Å². The number of likely N-dealkylation sites (tertiary alicyclic amines) is 1. The van der Waals surface area contributed by atoms with Crippen LogP contribution in [-0.2, 0) is 9.59 Å². The summed E-state index contributed by atoms with van der Waals surface area (Å²) in [6.45, 7) is 4.73. The van der Waals surface area contributed by atoms with Crippen LogP contribution in [0.4, 0.5) is 4.79 Å². The van der Waals surface area contributed by atoms with Crippen LogP contribution in [0.3, 0.4) is 0 Å². The molecule has 1 spiro atoms. The van der Waals surface area contributed by atoms with Crippen LogP contribution in [0.25, 0.3) is 0 Å². The number of hydrogen-bond donors (Lipinski definition) is 2. The van der Waals surface area contributed by atoms with Crippen molar-refractivity contribution in [3.8, 4) is 0 Å². The molecular formula is C19H23N3O4. The van der Waals surface area contributed by atoms with Crippen molar-refractivity contribution in [1.29, 1.82) is 0 Å². The fourth-order valence-electron chi connectivity index (χ4n) is 3.46. The number of amides is 4. The molecule has 0 radical (unpaired) electrons. The van der Waals surface area contributed by atoms with Crippen molar-refractivity contribution in [1.82, 2.24) is 15.5 Å². The molecule has 0 aliphatic carbocycles. The molecule has 2 aliphatic heterocycles. The molecule has 7 nitrogen and oxygen atoms in total. The van der Waals surface area contributed by atoms with Gasteiger partial charge in [-0.1, -0.05) is 12.1 Å². The topological polar surface area (TPSA) is 95.6 Å². The number of carbonyl (C=O) groups is 4. The Balaban J connectivity index is 1.51. The Hall–Kier alpha value is -2.70. The van der Waals surface area contributed by atoms with Gasteiger partial charge in [0.15, 0.2) is 5.78 Å². The lowest BCUT2D eigenvalue weighted by Gasteiger charge is -2.37. The zero-order valence-corrected chi connectivity index (χ0v) is 15.1. The van der Waals surface area contributed by atoms with E-state index in [2.05, 4.69) is 10.6 Å². The lowest BCUT2D eigenvalue weighted by molar-refractivity contribution is -0.135. The number of benzene rings is 1. The number of rotatable bonds is 4. The maximum absolute atomic E-state index is 12.4. The number of nitrogens with one attached hydrogen (secondary N) is 2. The summed E-state index contributed by atoms with van der Waals surface area (Å²) in [7, 11) is 0. The lowest BCUT2D eigenvalue weighted by Crippen LogP contribution is -2.55. The van der Waals surface area contributed by atoms with Crippen LogP contribution in [0.2, 0.25) is 0 Å². The second-order valence-corrected chi connectivity index (χ2v) is 7.09. The van der Waals surface area contributed by atoms with E-state index in [-0.39, 0.29) is 30.4 Å². The summed E-state index contributed by atoms with van der Waals surface area (Å²) < 4.78 is 0. The van der Waals surface area contributed by atoms with Gasteiger partial charge in [0.1, 0.15) is 5.54 Å². The smallest absolute Gasteiger partial charge is 0.322 e. The highest BCUT2D eigenvalue weighted by Gasteiger charge is 2.48. The molecule has 1 aromatic rings. The summed E-state index contributed by atoms with van der Waals surface area (Å²) in [6.07, 6.45) is 1.10. The number of imide groups is 1. The zero-order chi connectivity index (χ0) is 18.9. The standard InChI is InChI=1S/C19H23N3O4/c1-12-3-4-14(11-13(12)2)15(23)5-6-16(24)22-9-7-19(8-10-22)17(25)20-18(26)21-19/h3-4,11H,5-10H2,1-2H3,(H2,20,21,25,26). The summed E-state index contributed by atoms with van der Waals surface area (Å²) in [5, 5.41) is 4.92. The number of urea groups is 1. The van der Waals surface area contributed by atoms with Gasteiger partial charge in [-0.2, -0.15) is 0 Å². The van der Waals surface area contributed by atoms with E-state index in [4.69, 9.17) is 0 Å². The first-order valence-corrected chi connectivity index (χ1v) is 8.82. The number of piperidine rings is 1. The molecule has 2 saturated heterocycles. The molecule has 138 valence electrons. The van der Waals surface area contributed by atoms with Crippen molar-refractivity contribution in [3.05, 3.63) is 34.9 Å². The van der Waals surface area contributed by atoms with Crippen molar-refractivity contribution in [3.63, 3.8) is 0 Å². The fourth-order valence-corrected chi connectivity index (χ4v) is 3.46. The van der Waals surface area contributed by atoms with Crippen LogP contribution in [0.1, 0.15) is 47.2 Å². The molecule has 0 bridgehead atoms. The second-order valence-electron chi connectivity index (χ2n) is 7.09. The molecule has 0 aromatic heterocycles. The minimum absolute atomic E-state index is 0.0441. The minimum atomic E-state index is -0.886. The molecule has 0 saturated carbocycles. The normalized spacial score (nSPS) is 18.6. The molecule has 1 aromatic carbocycles. The minimum Gasteiger partial charge on any atom is -0.342 e. The summed E-state index contributed by atoms with van der Waals surface area (Å²) in [5.74, 6) is -0.460. The zero-order valence-electron chi connectivity index (χ0n) is 15.1. The molecule has 0 atom stereocenters. The number of carbonyl (C=O) groups excluding carboxylic acids is 4. The predicted molar refractivity (Wildman–Crippen MR) is 94.7 cm³/mol. The first-order valence-electron chi connectivity index (χ1n) is 8.82. The Bertz CT molecular complexity index is 779. The Morgan fingerprint density at radius 2 is 1.77 bits per heavy atom. The maximum atomic E-state index is 12.4. The molecule has 3 rings (SSSR count). The molecule has 4 amide bonds. The predicted octanol–water partition coefficient (Wildman–Crippen LogP) is 1.47. The van der Waals surface area contributed by atoms with Gasteiger partial charge in [0, 0.05) is 31.5 Å². The van der Waals surface area contributed by atoms with Crippen LogP contribution in [0, 0.1) is 13.8 Å². The van der Waals surface area contributed by atoms with Crippen LogP contribution >= 0.6 is 0 Å². The van der Waals surface area contributed by atoms with E-state index in [1.165, 1.54) is 0 Å². The highest BCUT2D eigenvalue weighted by Crippen LogP contribution is 2.26. The van der Waals surface area contributed by atoms with Gasteiger partial charge in [-0.25, -0.2) is 4.79 Å². The Morgan fingerprint density at radius 3 is 2.35 bits per heavy atom. The second kappa shape index (κ2) is 6.90. The van der Waals surface area contributed by atoms with Crippen molar-refractivity contribution in [2.45, 2.75) is 45.1 Å². The summed E-state index contributed by atoms with van der Waals surface area (Å²) in [4.78, 5) is 49.6. The van der Waals surface area contributed by atoms with Gasteiger partial charge in [0.2, 0.25) is 5.91 Å². The highest BCUT2D eigenvalue weighted by atomic mass is 16.2. The molecule has 26 heavy (non-hydrogen) atoms. The van der Waals surface area contributed by atoms with Gasteiger partial charge < -0.3 is 10.2 Å². The van der Waals surface area contributed by atoms with Gasteiger partial charge in [-0.15, -0.1) is 0 Å². The molecule has 2 aliphatic rings. The number of aryl methyl sites for hydroxylation is 2. The monoisotopic (exact) mass is 357 g/mol. The van der Waals surface area contributed by atoms with E-state index in [0.717, 1.165) is 11.1 Å². The first kappa shape index (κ1) is 18.1. The van der Waals surface area contributed by atoms with Gasteiger partial charge in [-0.3, -0.25) is 19.7 Å². The van der Waals surface area contributed by atoms with E-state index in [9.17, 15) is 19.2 Å². The average Bonchev–Trinajstić information content (AvgIpc) is 2.88. The van der Waals surface area contributed by atoms with Crippen LogP contribution in [0.5, 0.6) is 0 Å². The molecule has 0 unspecified atom stereocenters. The molecule has 2 heterocycles. The molecule has 7 heteroatoms. The van der Waals surface area contributed by atoms with Crippen molar-refractivity contribution < 1.29 is 19.2 Å². The number of Topliss-reactive ketones (excluding diaryl/α,β-unsaturated/α-hetero) is 1. The van der Waals surface area contributed by atoms with Gasteiger partial charge in [0.25, 0.3) is 5.91 Å². The average molecular weight is 357 g/mol. The Labute approximate surface area is 152 Å². The Kier molecular flexibility index (Phi) is 4.80.